The van der Waals surface area contributed by atoms with Crippen LogP contribution in [0.3, 0.4) is 0 Å². The number of fused-ring (bicyclic) bond motifs is 1. The second-order valence-corrected chi connectivity index (χ2v) is 3.78. The number of aromatic nitrogens is 2. The number of nitrogens with one attached hydrogen (secondary N) is 1. The Morgan fingerprint density at radius 3 is 2.47 bits per heavy atom. The monoisotopic (exact) mass is 268 g/mol. The summed E-state index contributed by atoms with van der Waals surface area (Å²) in [5.74, 6) is -2.57. The Bertz CT molecular complexity index is 625. The number of alkyl halides is 3. The molecule has 0 saturated heterocycles. The Balaban J connectivity index is 2.74. The molecule has 92 valence electrons. The molecule has 0 amide bonds. The van der Waals surface area contributed by atoms with Crippen molar-refractivity contribution in [3.63, 3.8) is 0 Å². The average Bonchev–Trinajstić information content (AvgIpc) is 2.48. The first-order chi connectivity index (χ1) is 7.79. The van der Waals surface area contributed by atoms with E-state index < -0.39 is 29.9 Å². The zero-order valence-corrected chi connectivity index (χ0v) is 8.92. The van der Waals surface area contributed by atoms with E-state index in [0.29, 0.717) is 4.57 Å². The quantitative estimate of drug-likeness (QED) is 0.619. The van der Waals surface area contributed by atoms with Gasteiger partial charge in [0.1, 0.15) is 12.1 Å². The fourth-order valence-corrected chi connectivity index (χ4v) is 1.78. The second-order valence-electron chi connectivity index (χ2n) is 3.39. The summed E-state index contributed by atoms with van der Waals surface area (Å²) >= 11 is 4.64. The van der Waals surface area contributed by atoms with Gasteiger partial charge in [-0.05, 0) is 24.4 Å². The van der Waals surface area contributed by atoms with E-state index in [4.69, 9.17) is 0 Å². The third kappa shape index (κ3) is 2.17. The Labute approximate surface area is 96.7 Å². The van der Waals surface area contributed by atoms with Crippen molar-refractivity contribution in [2.75, 3.05) is 0 Å². The molecule has 1 aromatic carbocycles. The predicted molar refractivity (Wildman–Crippen MR) is 53.1 cm³/mol. The first-order valence-electron chi connectivity index (χ1n) is 4.43. The number of hydrogen-bond acceptors (Lipinski definition) is 1. The molecule has 0 saturated carbocycles. The molecule has 0 bridgehead atoms. The summed E-state index contributed by atoms with van der Waals surface area (Å²) in [6.07, 6.45) is -4.56. The highest BCUT2D eigenvalue weighted by Gasteiger charge is 2.30. The molecule has 2 nitrogen and oxygen atoms in total. The Morgan fingerprint density at radius 2 is 1.88 bits per heavy atom. The van der Waals surface area contributed by atoms with Crippen LogP contribution in [0.4, 0.5) is 22.0 Å². The lowest BCUT2D eigenvalue weighted by Crippen LogP contribution is -2.18. The van der Waals surface area contributed by atoms with Gasteiger partial charge in [-0.15, -0.1) is 0 Å². The molecule has 1 N–H and O–H groups in total. The van der Waals surface area contributed by atoms with Gasteiger partial charge in [-0.25, -0.2) is 8.78 Å². The van der Waals surface area contributed by atoms with Crippen LogP contribution in [0.1, 0.15) is 0 Å². The van der Waals surface area contributed by atoms with Crippen molar-refractivity contribution in [2.24, 2.45) is 0 Å². The van der Waals surface area contributed by atoms with Crippen molar-refractivity contribution in [3.8, 4) is 0 Å². The van der Waals surface area contributed by atoms with Crippen molar-refractivity contribution in [1.29, 1.82) is 0 Å². The van der Waals surface area contributed by atoms with Gasteiger partial charge in [0.2, 0.25) is 0 Å². The van der Waals surface area contributed by atoms with Crippen LogP contribution in [-0.2, 0) is 6.54 Å². The first-order valence-corrected chi connectivity index (χ1v) is 4.83. The van der Waals surface area contributed by atoms with Crippen LogP contribution in [0.5, 0.6) is 0 Å². The number of rotatable bonds is 1. The fraction of sp³-hybridized carbons (Fsp3) is 0.222. The second kappa shape index (κ2) is 3.80. The van der Waals surface area contributed by atoms with E-state index in [0.717, 1.165) is 12.1 Å². The van der Waals surface area contributed by atoms with Gasteiger partial charge < -0.3 is 9.55 Å². The minimum Gasteiger partial charge on any atom is -0.330 e. The Kier molecular flexibility index (Phi) is 2.69. The summed E-state index contributed by atoms with van der Waals surface area (Å²) in [4.78, 5) is 2.39. The van der Waals surface area contributed by atoms with Gasteiger partial charge in [0, 0.05) is 0 Å². The fourth-order valence-electron chi connectivity index (χ4n) is 1.52. The maximum Gasteiger partial charge on any atom is 0.406 e. The highest BCUT2D eigenvalue weighted by atomic mass is 32.1. The van der Waals surface area contributed by atoms with E-state index in [1.165, 1.54) is 0 Å². The van der Waals surface area contributed by atoms with Gasteiger partial charge in [-0.2, -0.15) is 13.2 Å². The smallest absolute Gasteiger partial charge is 0.330 e. The zero-order valence-electron chi connectivity index (χ0n) is 8.11. The number of benzene rings is 1. The summed E-state index contributed by atoms with van der Waals surface area (Å²) in [5, 5.41) is 0. The number of hydrogen-bond donors (Lipinski definition) is 1. The van der Waals surface area contributed by atoms with Gasteiger partial charge >= 0.3 is 6.18 Å². The SMILES string of the molecule is Fc1ccc2[nH]c(=S)n(CC(F)(F)F)c2c1F. The number of nitrogens with zero attached hydrogens (tertiary/aromatic N) is 1. The molecule has 0 unspecified atom stereocenters. The van der Waals surface area contributed by atoms with Crippen molar-refractivity contribution in [2.45, 2.75) is 12.7 Å². The first kappa shape index (κ1) is 12.0. The van der Waals surface area contributed by atoms with Crippen LogP contribution in [0.2, 0.25) is 0 Å². The third-order valence-corrected chi connectivity index (χ3v) is 2.49. The van der Waals surface area contributed by atoms with E-state index in [2.05, 4.69) is 17.2 Å². The Morgan fingerprint density at radius 1 is 1.24 bits per heavy atom. The summed E-state index contributed by atoms with van der Waals surface area (Å²) in [7, 11) is 0. The molecule has 1 heterocycles. The molecule has 0 aliphatic carbocycles. The van der Waals surface area contributed by atoms with E-state index in [1.54, 1.807) is 0 Å². The van der Waals surface area contributed by atoms with Crippen LogP contribution in [0.25, 0.3) is 11.0 Å². The maximum atomic E-state index is 13.4. The largest absolute Gasteiger partial charge is 0.406 e. The van der Waals surface area contributed by atoms with Crippen LogP contribution in [0.15, 0.2) is 12.1 Å². The molecule has 0 radical (unpaired) electrons. The molecule has 0 aliphatic rings. The standard InChI is InChI=1S/C9H5F5N2S/c10-4-1-2-5-7(6(4)11)16(8(17)15-5)3-9(12,13)14/h1-2H,3H2,(H,15,17). The number of imidazole rings is 1. The highest BCUT2D eigenvalue weighted by molar-refractivity contribution is 7.71. The molecule has 0 atom stereocenters. The molecule has 0 spiro atoms. The lowest BCUT2D eigenvalue weighted by Gasteiger charge is -2.08. The summed E-state index contributed by atoms with van der Waals surface area (Å²) in [5.41, 5.74) is -0.481. The summed E-state index contributed by atoms with van der Waals surface area (Å²) in [6.45, 7) is -1.47. The van der Waals surface area contributed by atoms with Crippen molar-refractivity contribution >= 4 is 23.3 Å². The molecule has 17 heavy (non-hydrogen) atoms. The number of H-pyrrole nitrogens is 1. The van der Waals surface area contributed by atoms with Crippen LogP contribution >= 0.6 is 12.2 Å². The van der Waals surface area contributed by atoms with Crippen molar-refractivity contribution < 1.29 is 22.0 Å². The molecular formula is C9H5F5N2S. The van der Waals surface area contributed by atoms with E-state index in [9.17, 15) is 22.0 Å². The molecule has 1 aromatic heterocycles. The third-order valence-electron chi connectivity index (χ3n) is 2.16. The molecule has 8 heteroatoms. The average molecular weight is 268 g/mol. The lowest BCUT2D eigenvalue weighted by atomic mass is 10.3. The van der Waals surface area contributed by atoms with Crippen LogP contribution in [-0.4, -0.2) is 15.7 Å². The lowest BCUT2D eigenvalue weighted by molar-refractivity contribution is -0.140. The van der Waals surface area contributed by atoms with Crippen molar-refractivity contribution in [3.05, 3.63) is 28.5 Å². The number of halogens is 5. The van der Waals surface area contributed by atoms with E-state index >= 15 is 0 Å². The number of aromatic amines is 1. The molecule has 0 fully saturated rings. The van der Waals surface area contributed by atoms with Gasteiger partial charge in [-0.1, -0.05) is 0 Å². The summed E-state index contributed by atoms with van der Waals surface area (Å²) < 4.78 is 63.3. The normalized spacial score (nSPS) is 12.3. The summed E-state index contributed by atoms with van der Waals surface area (Å²) in [6, 6.07) is 1.96. The molecule has 2 rings (SSSR count). The van der Waals surface area contributed by atoms with Crippen molar-refractivity contribution in [1.82, 2.24) is 9.55 Å². The van der Waals surface area contributed by atoms with Gasteiger partial charge in [0.15, 0.2) is 16.4 Å². The van der Waals surface area contributed by atoms with Gasteiger partial charge in [0.25, 0.3) is 0 Å². The maximum absolute atomic E-state index is 13.4. The highest BCUT2D eigenvalue weighted by Crippen LogP contribution is 2.25. The minimum atomic E-state index is -4.56. The Hall–Kier alpha value is -1.44. The van der Waals surface area contributed by atoms with Crippen LogP contribution < -0.4 is 0 Å². The molecule has 2 aromatic rings. The molecular weight excluding hydrogens is 263 g/mol. The van der Waals surface area contributed by atoms with E-state index in [-0.39, 0.29) is 10.3 Å². The minimum absolute atomic E-state index is 0.0261. The van der Waals surface area contributed by atoms with Crippen LogP contribution in [0, 0.1) is 16.4 Å². The van der Waals surface area contributed by atoms with Gasteiger partial charge in [-0.3, -0.25) is 0 Å². The predicted octanol–water partition coefficient (Wildman–Crippen LogP) is 3.54. The topological polar surface area (TPSA) is 20.7 Å². The van der Waals surface area contributed by atoms with Gasteiger partial charge in [0.05, 0.1) is 5.52 Å². The molecule has 0 aliphatic heterocycles. The van der Waals surface area contributed by atoms with E-state index in [1.807, 2.05) is 0 Å². The zero-order chi connectivity index (χ0) is 12.8.